The average Bonchev–Trinajstić information content (AvgIpc) is 3.46. The van der Waals surface area contributed by atoms with E-state index in [4.69, 9.17) is 10.5 Å². The van der Waals surface area contributed by atoms with Gasteiger partial charge in [0.2, 0.25) is 5.91 Å². The number of likely N-dealkylation sites (tertiary alicyclic amines) is 1. The highest BCUT2D eigenvalue weighted by molar-refractivity contribution is 7.91. The van der Waals surface area contributed by atoms with Crippen LogP contribution >= 0.6 is 0 Å². The van der Waals surface area contributed by atoms with Crippen molar-refractivity contribution in [3.63, 3.8) is 0 Å². The van der Waals surface area contributed by atoms with E-state index in [2.05, 4.69) is 10.3 Å². The minimum Gasteiger partial charge on any atom is -0.494 e. The van der Waals surface area contributed by atoms with Crippen LogP contribution in [0.25, 0.3) is 10.8 Å². The SMILES string of the molecule is CCOc1ccc(F)c(C(Nc2ccc3c(N)nccc3c2)C(=O)N2CCC(C(=O)O)C2c2ccccc2S(=O)(=O)CC)c1. The molecule has 1 aromatic heterocycles. The number of amides is 1. The number of hydrogen-bond donors (Lipinski definition) is 3. The number of pyridine rings is 1. The molecule has 230 valence electrons. The van der Waals surface area contributed by atoms with E-state index in [-0.39, 0.29) is 34.7 Å². The van der Waals surface area contributed by atoms with Crippen LogP contribution < -0.4 is 15.8 Å². The predicted molar refractivity (Wildman–Crippen MR) is 164 cm³/mol. The molecule has 1 aliphatic heterocycles. The van der Waals surface area contributed by atoms with Crippen LogP contribution in [0.4, 0.5) is 15.9 Å². The Morgan fingerprint density at radius 2 is 1.91 bits per heavy atom. The van der Waals surface area contributed by atoms with Gasteiger partial charge in [0.1, 0.15) is 23.4 Å². The molecule has 4 N–H and O–H groups in total. The van der Waals surface area contributed by atoms with E-state index in [1.807, 2.05) is 0 Å². The minimum absolute atomic E-state index is 0.0118. The largest absolute Gasteiger partial charge is 0.494 e. The molecule has 1 fully saturated rings. The molecule has 0 bridgehead atoms. The number of carboxylic acids is 1. The van der Waals surface area contributed by atoms with Crippen molar-refractivity contribution in [1.29, 1.82) is 0 Å². The number of sulfone groups is 1. The van der Waals surface area contributed by atoms with E-state index in [0.717, 1.165) is 5.39 Å². The summed E-state index contributed by atoms with van der Waals surface area (Å²) in [6, 6.07) is 14.7. The van der Waals surface area contributed by atoms with E-state index in [1.165, 1.54) is 42.2 Å². The second-order valence-electron chi connectivity index (χ2n) is 10.5. The van der Waals surface area contributed by atoms with Crippen LogP contribution in [0.2, 0.25) is 0 Å². The van der Waals surface area contributed by atoms with Gasteiger partial charge in [0.15, 0.2) is 9.84 Å². The molecule has 0 radical (unpaired) electrons. The second kappa shape index (κ2) is 12.5. The monoisotopic (exact) mass is 620 g/mol. The van der Waals surface area contributed by atoms with Gasteiger partial charge in [0, 0.05) is 29.4 Å². The first kappa shape index (κ1) is 30.7. The number of carbonyl (C=O) groups is 2. The number of nitrogens with zero attached hydrogens (tertiary/aromatic N) is 2. The Balaban J connectivity index is 1.64. The highest BCUT2D eigenvalue weighted by Gasteiger charge is 2.46. The first-order valence-corrected chi connectivity index (χ1v) is 15.9. The molecule has 4 aromatic rings. The number of nitrogens with one attached hydrogen (secondary N) is 1. The van der Waals surface area contributed by atoms with Gasteiger partial charge >= 0.3 is 5.97 Å². The summed E-state index contributed by atoms with van der Waals surface area (Å²) in [5, 5.41) is 14.7. The van der Waals surface area contributed by atoms with Crippen LogP contribution in [0.15, 0.2) is 77.8 Å². The molecule has 5 rings (SSSR count). The number of benzene rings is 3. The first-order valence-electron chi connectivity index (χ1n) is 14.2. The molecule has 3 aromatic carbocycles. The third-order valence-corrected chi connectivity index (χ3v) is 9.70. The average molecular weight is 621 g/mol. The Hall–Kier alpha value is -4.71. The summed E-state index contributed by atoms with van der Waals surface area (Å²) < 4.78 is 47.3. The number of aliphatic carboxylic acids is 1. The van der Waals surface area contributed by atoms with Crippen molar-refractivity contribution < 1.29 is 32.2 Å². The molecule has 0 saturated carbocycles. The molecule has 1 amide bonds. The van der Waals surface area contributed by atoms with E-state index in [0.29, 0.717) is 29.2 Å². The first-order chi connectivity index (χ1) is 21.1. The van der Waals surface area contributed by atoms with Crippen molar-refractivity contribution in [3.8, 4) is 5.75 Å². The van der Waals surface area contributed by atoms with Crippen molar-refractivity contribution >= 4 is 44.0 Å². The highest BCUT2D eigenvalue weighted by Crippen LogP contribution is 2.42. The zero-order valence-corrected chi connectivity index (χ0v) is 25.1. The lowest BCUT2D eigenvalue weighted by Crippen LogP contribution is -2.40. The molecule has 12 heteroatoms. The second-order valence-corrected chi connectivity index (χ2v) is 12.7. The predicted octanol–water partition coefficient (Wildman–Crippen LogP) is 4.98. The number of halogens is 1. The lowest BCUT2D eigenvalue weighted by molar-refractivity contribution is -0.143. The van der Waals surface area contributed by atoms with Crippen LogP contribution in [0.5, 0.6) is 5.75 Å². The number of anilines is 2. The lowest BCUT2D eigenvalue weighted by Gasteiger charge is -2.32. The maximum atomic E-state index is 15.5. The number of rotatable bonds is 10. The molecular formula is C32H33FN4O6S. The number of carbonyl (C=O) groups excluding carboxylic acids is 1. The summed E-state index contributed by atoms with van der Waals surface area (Å²) in [7, 11) is -3.77. The molecule has 0 spiro atoms. The standard InChI is InChI=1S/C32H33FN4O6S/c1-3-43-21-10-12-26(33)25(18-21)28(36-20-9-11-22-19(17-20)13-15-35-30(22)34)31(38)37-16-14-24(32(39)40)29(37)23-7-5-6-8-27(23)44(41,42)4-2/h5-13,15,17-18,24,28-29,36H,3-4,14,16H2,1-2H3,(H2,34,35)(H,39,40). The van der Waals surface area contributed by atoms with Crippen molar-refractivity contribution in [1.82, 2.24) is 9.88 Å². The quantitative estimate of drug-likeness (QED) is 0.223. The maximum absolute atomic E-state index is 15.5. The smallest absolute Gasteiger partial charge is 0.309 e. The molecule has 2 heterocycles. The fraction of sp³-hybridized carbons (Fsp3) is 0.281. The summed E-state index contributed by atoms with van der Waals surface area (Å²) in [5.41, 5.74) is 6.68. The topological polar surface area (TPSA) is 152 Å². The molecule has 44 heavy (non-hydrogen) atoms. The number of hydrogen-bond acceptors (Lipinski definition) is 8. The Morgan fingerprint density at radius 1 is 1.14 bits per heavy atom. The zero-order valence-electron chi connectivity index (χ0n) is 24.2. The van der Waals surface area contributed by atoms with Gasteiger partial charge in [-0.2, -0.15) is 0 Å². The summed E-state index contributed by atoms with van der Waals surface area (Å²) in [4.78, 5) is 32.4. The lowest BCUT2D eigenvalue weighted by atomic mass is 9.93. The van der Waals surface area contributed by atoms with Crippen molar-refractivity contribution in [3.05, 3.63) is 89.9 Å². The molecule has 10 nitrogen and oxygen atoms in total. The van der Waals surface area contributed by atoms with Gasteiger partial charge in [-0.05, 0) is 72.8 Å². The highest BCUT2D eigenvalue weighted by atomic mass is 32.2. The fourth-order valence-corrected chi connectivity index (χ4v) is 6.89. The number of nitrogen functional groups attached to an aromatic ring is 1. The Morgan fingerprint density at radius 3 is 2.64 bits per heavy atom. The van der Waals surface area contributed by atoms with Crippen LogP contribution in [-0.2, 0) is 19.4 Å². The Kier molecular flexibility index (Phi) is 8.73. The van der Waals surface area contributed by atoms with Crippen LogP contribution in [0.1, 0.15) is 43.5 Å². The Labute approximate surface area is 254 Å². The van der Waals surface area contributed by atoms with E-state index in [9.17, 15) is 23.1 Å². The van der Waals surface area contributed by atoms with Gasteiger partial charge in [-0.25, -0.2) is 17.8 Å². The normalized spacial score (nSPS) is 17.4. The number of nitrogens with two attached hydrogens (primary N) is 1. The molecule has 1 aliphatic rings. The molecule has 1 saturated heterocycles. The van der Waals surface area contributed by atoms with E-state index < -0.39 is 45.5 Å². The number of ether oxygens (including phenoxy) is 1. The van der Waals surface area contributed by atoms with Gasteiger partial charge < -0.3 is 25.8 Å². The van der Waals surface area contributed by atoms with Crippen molar-refractivity contribution in [2.24, 2.45) is 5.92 Å². The van der Waals surface area contributed by atoms with Crippen LogP contribution in [0.3, 0.4) is 0 Å². The summed E-state index contributed by atoms with van der Waals surface area (Å²) >= 11 is 0. The van der Waals surface area contributed by atoms with Gasteiger partial charge in [0.05, 0.1) is 29.2 Å². The fourth-order valence-electron chi connectivity index (χ4n) is 5.74. The van der Waals surface area contributed by atoms with Crippen molar-refractivity contribution in [2.45, 2.75) is 37.2 Å². The van der Waals surface area contributed by atoms with Gasteiger partial charge in [0.25, 0.3) is 0 Å². The minimum atomic E-state index is -3.77. The molecule has 0 aliphatic carbocycles. The summed E-state index contributed by atoms with van der Waals surface area (Å²) in [5.74, 6) is -3.06. The molecule has 3 atom stereocenters. The zero-order chi connectivity index (χ0) is 31.6. The molecule has 3 unspecified atom stereocenters. The Bertz CT molecular complexity index is 1830. The van der Waals surface area contributed by atoms with E-state index in [1.54, 1.807) is 49.5 Å². The third-order valence-electron chi connectivity index (χ3n) is 7.89. The molecular weight excluding hydrogens is 587 g/mol. The van der Waals surface area contributed by atoms with Gasteiger partial charge in [-0.15, -0.1) is 0 Å². The summed E-state index contributed by atoms with van der Waals surface area (Å²) in [6.07, 6.45) is 1.64. The van der Waals surface area contributed by atoms with Crippen LogP contribution in [0, 0.1) is 11.7 Å². The van der Waals surface area contributed by atoms with E-state index >= 15 is 4.39 Å². The number of aromatic nitrogens is 1. The van der Waals surface area contributed by atoms with Gasteiger partial charge in [-0.3, -0.25) is 9.59 Å². The number of fused-ring (bicyclic) bond motifs is 1. The summed E-state index contributed by atoms with van der Waals surface area (Å²) in [6.45, 7) is 3.61. The maximum Gasteiger partial charge on any atom is 0.309 e. The third kappa shape index (κ3) is 5.89. The van der Waals surface area contributed by atoms with Crippen molar-refractivity contribution in [2.75, 3.05) is 30.0 Å². The van der Waals surface area contributed by atoms with Crippen LogP contribution in [-0.4, -0.2) is 54.2 Å². The van der Waals surface area contributed by atoms with Gasteiger partial charge in [-0.1, -0.05) is 25.1 Å². The number of carboxylic acid groups (broad SMARTS) is 1.